The molecule has 12 nitrogen and oxygen atoms in total. The molecule has 422 valence electrons. The van der Waals surface area contributed by atoms with Crippen LogP contribution in [0.3, 0.4) is 0 Å². The number of carboxylic acid groups (broad SMARTS) is 1. The third kappa shape index (κ3) is 40.1. The van der Waals surface area contributed by atoms with Crippen LogP contribution in [0.2, 0.25) is 0 Å². The van der Waals surface area contributed by atoms with Gasteiger partial charge in [0.15, 0.2) is 24.6 Å². The van der Waals surface area contributed by atoms with Crippen LogP contribution < -0.4 is 0 Å². The van der Waals surface area contributed by atoms with Crippen molar-refractivity contribution in [2.75, 3.05) is 13.2 Å². The quantitative estimate of drug-likeness (QED) is 0.0228. The van der Waals surface area contributed by atoms with Gasteiger partial charge in [0.2, 0.25) is 0 Å². The molecule has 75 heavy (non-hydrogen) atoms. The fraction of sp³-hybridized carbons (Fsp3) is 0.619. The standard InChI is InChI=1S/C63H98O12/c1-4-7-10-13-16-19-22-25-28-31-34-37-40-43-46-49-55(64)71-52-54(73-56(65)50-47-44-41-38-35-32-29-26-23-20-17-14-11-8-5-2)53-72-63-61(59(68)58(67)60(75-63)62(69)70)74-57(66)51-48-45-42-39-36-33-30-27-24-21-18-15-12-9-6-3/h7-8,10-11,16-17,19-20,25-30,34-35,37-38,43,46,54,58-61,63,67-68H,4-6,9,12-15,18,21-24,31-33,36,39-42,44-45,47-53H2,1-3H3,(H,69,70)/b10-7-,11-8-,19-16-,20-17-,28-25-,29-26-,30-27-,37-34-,38-35-,46-43-. The predicted octanol–water partition coefficient (Wildman–Crippen LogP) is 14.4. The van der Waals surface area contributed by atoms with Crippen molar-refractivity contribution in [3.05, 3.63) is 122 Å². The van der Waals surface area contributed by atoms with Crippen molar-refractivity contribution in [2.45, 2.75) is 237 Å². The zero-order valence-corrected chi connectivity index (χ0v) is 46.2. The molecule has 0 radical (unpaired) electrons. The van der Waals surface area contributed by atoms with Crippen LogP contribution in [0.4, 0.5) is 0 Å². The van der Waals surface area contributed by atoms with Gasteiger partial charge in [-0.3, -0.25) is 14.4 Å². The third-order valence-electron chi connectivity index (χ3n) is 12.0. The first-order chi connectivity index (χ1) is 36.6. The molecule has 0 spiro atoms. The summed E-state index contributed by atoms with van der Waals surface area (Å²) in [6, 6.07) is 0. The average molecular weight is 1050 g/mol. The maximum Gasteiger partial charge on any atom is 0.335 e. The first-order valence-corrected chi connectivity index (χ1v) is 28.5. The Morgan fingerprint density at radius 1 is 0.467 bits per heavy atom. The largest absolute Gasteiger partial charge is 0.479 e. The summed E-state index contributed by atoms with van der Waals surface area (Å²) in [5, 5.41) is 31.4. The van der Waals surface area contributed by atoms with Crippen LogP contribution in [0.25, 0.3) is 0 Å². The zero-order chi connectivity index (χ0) is 54.7. The summed E-state index contributed by atoms with van der Waals surface area (Å²) in [6.07, 6.45) is 56.3. The lowest BCUT2D eigenvalue weighted by atomic mass is 9.98. The monoisotopic (exact) mass is 1050 g/mol. The van der Waals surface area contributed by atoms with E-state index in [0.717, 1.165) is 103 Å². The van der Waals surface area contributed by atoms with Gasteiger partial charge in [-0.1, -0.05) is 194 Å². The van der Waals surface area contributed by atoms with Crippen LogP contribution in [0, 0.1) is 0 Å². The molecule has 12 heteroatoms. The number of carbonyl (C=O) groups excluding carboxylic acids is 3. The van der Waals surface area contributed by atoms with Gasteiger partial charge in [0.1, 0.15) is 18.8 Å². The molecule has 6 atom stereocenters. The first-order valence-electron chi connectivity index (χ1n) is 28.5. The van der Waals surface area contributed by atoms with E-state index in [0.29, 0.717) is 19.3 Å². The van der Waals surface area contributed by atoms with Crippen molar-refractivity contribution >= 4 is 23.9 Å². The Morgan fingerprint density at radius 2 is 0.880 bits per heavy atom. The number of aliphatic hydroxyl groups is 2. The van der Waals surface area contributed by atoms with Gasteiger partial charge in [0.25, 0.3) is 0 Å². The Kier molecular flexibility index (Phi) is 45.4. The Bertz CT molecular complexity index is 1770. The lowest BCUT2D eigenvalue weighted by molar-refractivity contribution is -0.301. The average Bonchev–Trinajstić information content (AvgIpc) is 3.39. The van der Waals surface area contributed by atoms with Crippen LogP contribution in [-0.2, 0) is 42.9 Å². The summed E-state index contributed by atoms with van der Waals surface area (Å²) in [4.78, 5) is 51.0. The molecule has 3 N–H and O–H groups in total. The number of esters is 3. The van der Waals surface area contributed by atoms with E-state index >= 15 is 0 Å². The number of unbranched alkanes of at least 4 members (excludes halogenated alkanes) is 13. The number of ether oxygens (including phenoxy) is 5. The number of hydrogen-bond acceptors (Lipinski definition) is 11. The fourth-order valence-electron chi connectivity index (χ4n) is 7.72. The van der Waals surface area contributed by atoms with Gasteiger partial charge in [-0.25, -0.2) is 4.79 Å². The van der Waals surface area contributed by atoms with Crippen LogP contribution >= 0.6 is 0 Å². The zero-order valence-electron chi connectivity index (χ0n) is 46.2. The smallest absolute Gasteiger partial charge is 0.335 e. The minimum Gasteiger partial charge on any atom is -0.479 e. The van der Waals surface area contributed by atoms with E-state index in [2.05, 4.69) is 124 Å². The van der Waals surface area contributed by atoms with Gasteiger partial charge in [-0.2, -0.15) is 0 Å². The lowest BCUT2D eigenvalue weighted by Crippen LogP contribution is -2.61. The minimum absolute atomic E-state index is 0.0306. The topological polar surface area (TPSA) is 175 Å². The lowest BCUT2D eigenvalue weighted by Gasteiger charge is -2.40. The minimum atomic E-state index is -1.93. The molecule has 1 fully saturated rings. The highest BCUT2D eigenvalue weighted by Crippen LogP contribution is 2.26. The first kappa shape index (κ1) is 68.1. The molecule has 1 rings (SSSR count). The van der Waals surface area contributed by atoms with Crippen LogP contribution in [0.15, 0.2) is 122 Å². The number of carbonyl (C=O) groups is 4. The molecule has 1 heterocycles. The van der Waals surface area contributed by atoms with E-state index in [1.54, 1.807) is 6.08 Å². The fourth-order valence-corrected chi connectivity index (χ4v) is 7.72. The Morgan fingerprint density at radius 3 is 1.39 bits per heavy atom. The second-order valence-electron chi connectivity index (χ2n) is 18.8. The summed E-state index contributed by atoms with van der Waals surface area (Å²) in [6.45, 7) is 5.61. The molecular weight excluding hydrogens is 949 g/mol. The van der Waals surface area contributed by atoms with Crippen molar-refractivity contribution in [1.82, 2.24) is 0 Å². The number of aliphatic carboxylic acids is 1. The Balaban J connectivity index is 2.80. The molecule has 1 aliphatic heterocycles. The summed E-state index contributed by atoms with van der Waals surface area (Å²) in [7, 11) is 0. The SMILES string of the molecule is CC/C=C\C/C=C\C/C=C\C/C=C\C/C=C\CC(=O)OCC(COC1OC(C(=O)O)C(O)C(O)C1OC(=O)CCCCCCC/C=C\CCCCCCCC)OC(=O)CCCC/C=C\C/C=C\C/C=C\C/C=C\CC. The molecule has 0 aliphatic carbocycles. The summed E-state index contributed by atoms with van der Waals surface area (Å²) < 4.78 is 28.2. The van der Waals surface area contributed by atoms with Crippen molar-refractivity contribution in [2.24, 2.45) is 0 Å². The summed E-state index contributed by atoms with van der Waals surface area (Å²) in [5.74, 6) is -3.37. The van der Waals surface area contributed by atoms with Gasteiger partial charge in [-0.05, 0) is 109 Å². The van der Waals surface area contributed by atoms with Gasteiger partial charge in [0, 0.05) is 12.8 Å². The van der Waals surface area contributed by atoms with E-state index in [9.17, 15) is 34.5 Å². The Labute approximate surface area is 452 Å². The summed E-state index contributed by atoms with van der Waals surface area (Å²) >= 11 is 0. The molecular formula is C63H98O12. The van der Waals surface area contributed by atoms with E-state index in [1.165, 1.54) is 38.5 Å². The molecule has 1 saturated heterocycles. The van der Waals surface area contributed by atoms with Crippen molar-refractivity contribution in [3.8, 4) is 0 Å². The molecule has 1 aliphatic rings. The van der Waals surface area contributed by atoms with E-state index in [4.69, 9.17) is 23.7 Å². The van der Waals surface area contributed by atoms with Crippen molar-refractivity contribution < 1.29 is 58.2 Å². The maximum atomic E-state index is 13.1. The molecule has 0 aromatic rings. The Hall–Kier alpha value is -4.88. The van der Waals surface area contributed by atoms with E-state index in [-0.39, 0.29) is 19.3 Å². The highest BCUT2D eigenvalue weighted by atomic mass is 16.7. The van der Waals surface area contributed by atoms with Gasteiger partial charge >= 0.3 is 23.9 Å². The molecule has 0 bridgehead atoms. The number of carboxylic acids is 1. The second kappa shape index (κ2) is 50.0. The van der Waals surface area contributed by atoms with Crippen LogP contribution in [0.5, 0.6) is 0 Å². The highest BCUT2D eigenvalue weighted by molar-refractivity contribution is 5.74. The van der Waals surface area contributed by atoms with Crippen molar-refractivity contribution in [3.63, 3.8) is 0 Å². The summed E-state index contributed by atoms with van der Waals surface area (Å²) in [5.41, 5.74) is 0. The molecule has 0 amide bonds. The van der Waals surface area contributed by atoms with Crippen LogP contribution in [0.1, 0.15) is 201 Å². The van der Waals surface area contributed by atoms with Gasteiger partial charge < -0.3 is 39.0 Å². The van der Waals surface area contributed by atoms with Gasteiger partial charge in [-0.15, -0.1) is 0 Å². The maximum absolute atomic E-state index is 13.1. The molecule has 6 unspecified atom stereocenters. The normalized spacial score (nSPS) is 19.1. The highest BCUT2D eigenvalue weighted by Gasteiger charge is 2.50. The van der Waals surface area contributed by atoms with Crippen molar-refractivity contribution in [1.29, 1.82) is 0 Å². The van der Waals surface area contributed by atoms with Gasteiger partial charge in [0.05, 0.1) is 13.0 Å². The third-order valence-corrected chi connectivity index (χ3v) is 12.0. The van der Waals surface area contributed by atoms with E-state index < -0.39 is 73.9 Å². The van der Waals surface area contributed by atoms with Crippen LogP contribution in [-0.4, -0.2) is 89.2 Å². The number of allylic oxidation sites excluding steroid dienone is 19. The number of hydrogen-bond donors (Lipinski definition) is 3. The molecule has 0 aromatic carbocycles. The molecule has 0 saturated carbocycles. The predicted molar refractivity (Wildman–Crippen MR) is 303 cm³/mol. The second-order valence-corrected chi connectivity index (χ2v) is 18.8. The number of rotatable bonds is 46. The van der Waals surface area contributed by atoms with E-state index in [1.807, 2.05) is 12.2 Å². The molecule has 0 aromatic heterocycles. The number of aliphatic hydroxyl groups excluding tert-OH is 2.